The highest BCUT2D eigenvalue weighted by molar-refractivity contribution is 6.99. The van der Waals surface area contributed by atoms with Crippen LogP contribution in [-0.4, -0.2) is 8.80 Å². The van der Waals surface area contributed by atoms with Crippen molar-refractivity contribution in [3.05, 3.63) is 218 Å². The zero-order valence-electron chi connectivity index (χ0n) is 32.1. The minimum atomic E-state index is -1.30. The van der Waals surface area contributed by atoms with Gasteiger partial charge in [0.05, 0.1) is 5.69 Å². The van der Waals surface area contributed by atoms with Crippen molar-refractivity contribution in [2.24, 2.45) is 0 Å². The van der Waals surface area contributed by atoms with E-state index in [4.69, 9.17) is 4.42 Å². The van der Waals surface area contributed by atoms with Gasteiger partial charge in [-0.3, -0.25) is 0 Å². The Labute approximate surface area is 344 Å². The largest absolute Gasteiger partial charge is 0.456 e. The molecule has 0 unspecified atom stereocenters. The highest BCUT2D eigenvalue weighted by atomic mass is 28.3. The van der Waals surface area contributed by atoms with E-state index in [9.17, 15) is 0 Å². The third kappa shape index (κ3) is 5.47. The summed E-state index contributed by atoms with van der Waals surface area (Å²) in [4.78, 5) is 2.39. The minimum absolute atomic E-state index is 0.932. The predicted molar refractivity (Wildman–Crippen MR) is 251 cm³/mol. The lowest BCUT2D eigenvalue weighted by Crippen LogP contribution is -2.48. The lowest BCUT2D eigenvalue weighted by molar-refractivity contribution is 0.669. The fraction of sp³-hybridized carbons (Fsp3) is 0. The maximum Gasteiger partial charge on any atom is 0.156 e. The molecule has 1 aliphatic heterocycles. The van der Waals surface area contributed by atoms with Gasteiger partial charge in [-0.15, -0.1) is 0 Å². The van der Waals surface area contributed by atoms with E-state index in [1.807, 2.05) is 0 Å². The molecule has 0 amide bonds. The zero-order valence-corrected chi connectivity index (χ0v) is 33.1. The van der Waals surface area contributed by atoms with Crippen LogP contribution in [0.2, 0.25) is 0 Å². The maximum atomic E-state index is 6.43. The standard InChI is InChI=1S/C56H36NOSi/c1-3-12-37(13-4-1)38-22-29-43(30-23-38)57(49-20-11-15-40-14-7-8-18-46(40)49)44-31-24-39(25-32-44)42-26-33-48-53(36-42)59(45-16-5-2-6-17-45)52-35-28-41-27-34-51-55(54(41)56(48)52)47-19-9-10-21-50(47)58-51/h1-36H. The van der Waals surface area contributed by atoms with Crippen molar-refractivity contribution in [2.45, 2.75) is 0 Å². The first-order chi connectivity index (χ1) is 29.3. The molecule has 1 aliphatic rings. The van der Waals surface area contributed by atoms with Gasteiger partial charge in [0.2, 0.25) is 0 Å². The number of nitrogens with zero attached hydrogens (tertiary/aromatic N) is 1. The summed E-state index contributed by atoms with van der Waals surface area (Å²) in [7, 11) is -1.30. The number of hydrogen-bond donors (Lipinski definition) is 0. The molecule has 11 aromatic rings. The third-order valence-electron chi connectivity index (χ3n) is 12.1. The first-order valence-corrected chi connectivity index (χ1v) is 21.8. The van der Waals surface area contributed by atoms with Gasteiger partial charge in [0.25, 0.3) is 0 Å². The number of furan rings is 1. The molecule has 275 valence electrons. The van der Waals surface area contributed by atoms with Gasteiger partial charge in [-0.2, -0.15) is 0 Å². The molecule has 0 bridgehead atoms. The van der Waals surface area contributed by atoms with Gasteiger partial charge in [0.1, 0.15) is 11.2 Å². The van der Waals surface area contributed by atoms with Gasteiger partial charge in [0, 0.05) is 32.9 Å². The number of benzene rings is 10. The van der Waals surface area contributed by atoms with E-state index in [1.165, 1.54) is 81.3 Å². The predicted octanol–water partition coefficient (Wildman–Crippen LogP) is 13.2. The smallest absolute Gasteiger partial charge is 0.156 e. The molecular formula is C56H36NOSi. The highest BCUT2D eigenvalue weighted by Crippen LogP contribution is 2.43. The molecule has 3 heteroatoms. The second-order valence-corrected chi connectivity index (χ2v) is 17.8. The van der Waals surface area contributed by atoms with Gasteiger partial charge in [-0.1, -0.05) is 181 Å². The van der Waals surface area contributed by atoms with E-state index in [2.05, 4.69) is 223 Å². The summed E-state index contributed by atoms with van der Waals surface area (Å²) in [6.45, 7) is 0. The summed E-state index contributed by atoms with van der Waals surface area (Å²) in [5.41, 5.74) is 12.8. The molecule has 2 heterocycles. The van der Waals surface area contributed by atoms with E-state index in [0.29, 0.717) is 0 Å². The van der Waals surface area contributed by atoms with Crippen LogP contribution < -0.4 is 20.5 Å². The summed E-state index contributed by atoms with van der Waals surface area (Å²) in [5, 5.41) is 11.6. The topological polar surface area (TPSA) is 16.4 Å². The normalized spacial score (nSPS) is 12.3. The molecular weight excluding hydrogens is 731 g/mol. The van der Waals surface area contributed by atoms with Crippen LogP contribution in [0, 0.1) is 0 Å². The van der Waals surface area contributed by atoms with Crippen LogP contribution in [0.1, 0.15) is 0 Å². The van der Waals surface area contributed by atoms with Crippen LogP contribution in [-0.2, 0) is 0 Å². The second kappa shape index (κ2) is 13.6. The van der Waals surface area contributed by atoms with Crippen LogP contribution in [0.4, 0.5) is 17.1 Å². The van der Waals surface area contributed by atoms with Crippen molar-refractivity contribution in [3.8, 4) is 33.4 Å². The van der Waals surface area contributed by atoms with Crippen LogP contribution in [0.25, 0.3) is 76.9 Å². The van der Waals surface area contributed by atoms with E-state index >= 15 is 0 Å². The van der Waals surface area contributed by atoms with Crippen molar-refractivity contribution in [1.82, 2.24) is 0 Å². The SMILES string of the molecule is c1ccc(-c2ccc(N(c3ccc(-c4ccc5c(c4)[Si](c4ccccc4)c4ccc6ccc7oc8ccccc8c7c6c4-5)cc3)c3cccc4ccccc34)cc2)cc1. The van der Waals surface area contributed by atoms with Crippen LogP contribution in [0.3, 0.4) is 0 Å². The number of para-hydroxylation sites is 1. The molecule has 0 aliphatic carbocycles. The van der Waals surface area contributed by atoms with Crippen molar-refractivity contribution >= 4 is 84.9 Å². The lowest BCUT2D eigenvalue weighted by Gasteiger charge is -2.27. The molecule has 59 heavy (non-hydrogen) atoms. The van der Waals surface area contributed by atoms with E-state index in [-0.39, 0.29) is 0 Å². The Morgan fingerprint density at radius 2 is 0.983 bits per heavy atom. The Balaban J connectivity index is 0.992. The average Bonchev–Trinajstić information content (AvgIpc) is 3.86. The first-order valence-electron chi connectivity index (χ1n) is 20.3. The quantitative estimate of drug-likeness (QED) is 0.157. The van der Waals surface area contributed by atoms with Crippen molar-refractivity contribution in [2.75, 3.05) is 4.90 Å². The van der Waals surface area contributed by atoms with Crippen molar-refractivity contribution in [3.63, 3.8) is 0 Å². The molecule has 0 atom stereocenters. The fourth-order valence-electron chi connectivity index (χ4n) is 9.40. The summed E-state index contributed by atoms with van der Waals surface area (Å²) in [5.74, 6) is 0. The molecule has 0 spiro atoms. The highest BCUT2D eigenvalue weighted by Gasteiger charge is 2.34. The molecule has 0 saturated carbocycles. The van der Waals surface area contributed by atoms with E-state index in [1.54, 1.807) is 0 Å². The molecule has 0 fully saturated rings. The molecule has 0 N–H and O–H groups in total. The Bertz CT molecular complexity index is 3370. The molecule has 12 rings (SSSR count). The van der Waals surface area contributed by atoms with Gasteiger partial charge in [-0.05, 0) is 97.0 Å². The molecule has 1 radical (unpaired) electrons. The van der Waals surface area contributed by atoms with Crippen LogP contribution in [0.15, 0.2) is 223 Å². The molecule has 2 nitrogen and oxygen atoms in total. The van der Waals surface area contributed by atoms with Crippen molar-refractivity contribution in [1.29, 1.82) is 0 Å². The summed E-state index contributed by atoms with van der Waals surface area (Å²) >= 11 is 0. The number of hydrogen-bond acceptors (Lipinski definition) is 2. The second-order valence-electron chi connectivity index (χ2n) is 15.4. The zero-order chi connectivity index (χ0) is 38.9. The Morgan fingerprint density at radius 3 is 1.76 bits per heavy atom. The monoisotopic (exact) mass is 766 g/mol. The molecule has 10 aromatic carbocycles. The van der Waals surface area contributed by atoms with E-state index < -0.39 is 8.80 Å². The Kier molecular flexibility index (Phi) is 7.75. The average molecular weight is 767 g/mol. The lowest BCUT2D eigenvalue weighted by atomic mass is 9.93. The number of fused-ring (bicyclic) bond motifs is 10. The van der Waals surface area contributed by atoms with Gasteiger partial charge < -0.3 is 9.32 Å². The third-order valence-corrected chi connectivity index (χ3v) is 14.9. The minimum Gasteiger partial charge on any atom is -0.456 e. The van der Waals surface area contributed by atoms with Gasteiger partial charge in [0.15, 0.2) is 8.80 Å². The molecule has 0 saturated heterocycles. The van der Waals surface area contributed by atoms with Gasteiger partial charge >= 0.3 is 0 Å². The van der Waals surface area contributed by atoms with Crippen LogP contribution in [0.5, 0.6) is 0 Å². The first kappa shape index (κ1) is 33.7. The summed E-state index contributed by atoms with van der Waals surface area (Å²) in [6.07, 6.45) is 0. The van der Waals surface area contributed by atoms with Crippen LogP contribution >= 0.6 is 0 Å². The van der Waals surface area contributed by atoms with Gasteiger partial charge in [-0.25, -0.2) is 0 Å². The van der Waals surface area contributed by atoms with E-state index in [0.717, 1.165) is 28.2 Å². The summed E-state index contributed by atoms with van der Waals surface area (Å²) < 4.78 is 6.43. The fourth-order valence-corrected chi connectivity index (χ4v) is 12.4. The Hall–Kier alpha value is -7.46. The maximum absolute atomic E-state index is 6.43. The van der Waals surface area contributed by atoms with Crippen molar-refractivity contribution < 1.29 is 4.42 Å². The summed E-state index contributed by atoms with van der Waals surface area (Å²) in [6, 6.07) is 79.8. The molecule has 1 aromatic heterocycles. The number of rotatable bonds is 6. The Morgan fingerprint density at radius 1 is 0.373 bits per heavy atom. The number of anilines is 3.